The lowest BCUT2D eigenvalue weighted by molar-refractivity contribution is -0.118. The monoisotopic (exact) mass is 392 g/mol. The summed E-state index contributed by atoms with van der Waals surface area (Å²) in [6.45, 7) is 5.88. The highest BCUT2D eigenvalue weighted by atomic mass is 35.5. The third kappa shape index (κ3) is 5.44. The Kier molecular flexibility index (Phi) is 7.19. The van der Waals surface area contributed by atoms with Crippen LogP contribution in [0.4, 0.5) is 10.1 Å². The topological polar surface area (TPSA) is 67.4 Å². The number of ether oxygens (including phenoxy) is 1. The molecule has 0 spiro atoms. The van der Waals surface area contributed by atoms with E-state index in [0.29, 0.717) is 23.6 Å². The van der Waals surface area contributed by atoms with Gasteiger partial charge in [-0.2, -0.15) is 0 Å². The second-order valence-corrected chi connectivity index (χ2v) is 6.65. The van der Waals surface area contributed by atoms with Crippen LogP contribution in [0.3, 0.4) is 0 Å². The second kappa shape index (κ2) is 9.37. The normalized spacial score (nSPS) is 11.8. The minimum absolute atomic E-state index is 0.0939. The van der Waals surface area contributed by atoms with Crippen LogP contribution < -0.4 is 15.4 Å². The van der Waals surface area contributed by atoms with Crippen LogP contribution in [-0.2, 0) is 4.79 Å². The standard InChI is InChI=1S/C20H22ClFN2O3/c1-4-27-17-8-6-5-7-14(17)19(25)24-18(12(2)3)20(26)23-13-9-10-16(22)15(21)11-13/h5-12,18H,4H2,1-3H3,(H,23,26)(H,24,25). The molecule has 1 atom stereocenters. The summed E-state index contributed by atoms with van der Waals surface area (Å²) in [5, 5.41) is 5.30. The van der Waals surface area contributed by atoms with Crippen molar-refractivity contribution in [2.24, 2.45) is 5.92 Å². The van der Waals surface area contributed by atoms with Gasteiger partial charge in [-0.05, 0) is 43.2 Å². The fraction of sp³-hybridized carbons (Fsp3) is 0.300. The molecule has 1 unspecified atom stereocenters. The van der Waals surface area contributed by atoms with Gasteiger partial charge in [0.05, 0.1) is 17.2 Å². The Balaban J connectivity index is 2.16. The molecular weight excluding hydrogens is 371 g/mol. The zero-order valence-corrected chi connectivity index (χ0v) is 16.1. The molecule has 0 aromatic heterocycles. The third-order valence-electron chi connectivity index (χ3n) is 3.85. The Morgan fingerprint density at radius 3 is 2.52 bits per heavy atom. The highest BCUT2D eigenvalue weighted by Gasteiger charge is 2.26. The number of halogens is 2. The zero-order valence-electron chi connectivity index (χ0n) is 15.4. The lowest BCUT2D eigenvalue weighted by Crippen LogP contribution is -2.47. The number of rotatable bonds is 7. The predicted octanol–water partition coefficient (Wildman–Crippen LogP) is 4.27. The van der Waals surface area contributed by atoms with Crippen LogP contribution >= 0.6 is 11.6 Å². The van der Waals surface area contributed by atoms with Crippen molar-refractivity contribution in [1.29, 1.82) is 0 Å². The van der Waals surface area contributed by atoms with Crippen molar-refractivity contribution in [3.8, 4) is 5.75 Å². The first-order chi connectivity index (χ1) is 12.8. The minimum Gasteiger partial charge on any atom is -0.493 e. The van der Waals surface area contributed by atoms with Crippen LogP contribution in [0.15, 0.2) is 42.5 Å². The highest BCUT2D eigenvalue weighted by molar-refractivity contribution is 6.31. The summed E-state index contributed by atoms with van der Waals surface area (Å²) in [5.74, 6) is -1.13. The number of carbonyl (C=O) groups is 2. The van der Waals surface area contributed by atoms with Crippen LogP contribution in [0, 0.1) is 11.7 Å². The van der Waals surface area contributed by atoms with E-state index in [2.05, 4.69) is 10.6 Å². The summed E-state index contributed by atoms with van der Waals surface area (Å²) in [6.07, 6.45) is 0. The van der Waals surface area contributed by atoms with Gasteiger partial charge in [0, 0.05) is 5.69 Å². The molecule has 2 rings (SSSR count). The number of carbonyl (C=O) groups excluding carboxylic acids is 2. The first-order valence-corrected chi connectivity index (χ1v) is 8.99. The number of benzene rings is 2. The van der Waals surface area contributed by atoms with Crippen molar-refractivity contribution in [2.75, 3.05) is 11.9 Å². The maximum Gasteiger partial charge on any atom is 0.255 e. The summed E-state index contributed by atoms with van der Waals surface area (Å²) < 4.78 is 18.7. The number of hydrogen-bond donors (Lipinski definition) is 2. The van der Waals surface area contributed by atoms with E-state index in [9.17, 15) is 14.0 Å². The van der Waals surface area contributed by atoms with Gasteiger partial charge in [0.1, 0.15) is 17.6 Å². The van der Waals surface area contributed by atoms with Crippen molar-refractivity contribution in [1.82, 2.24) is 5.32 Å². The van der Waals surface area contributed by atoms with Gasteiger partial charge in [-0.25, -0.2) is 4.39 Å². The van der Waals surface area contributed by atoms with Gasteiger partial charge in [0.2, 0.25) is 5.91 Å². The molecule has 0 aliphatic rings. The molecule has 2 amide bonds. The molecule has 0 bridgehead atoms. The van der Waals surface area contributed by atoms with Gasteiger partial charge in [0.25, 0.3) is 5.91 Å². The number of nitrogens with one attached hydrogen (secondary N) is 2. The van der Waals surface area contributed by atoms with Crippen LogP contribution in [0.5, 0.6) is 5.75 Å². The Morgan fingerprint density at radius 1 is 1.19 bits per heavy atom. The van der Waals surface area contributed by atoms with Gasteiger partial charge in [0.15, 0.2) is 0 Å². The molecular formula is C20H22ClFN2O3. The van der Waals surface area contributed by atoms with Crippen molar-refractivity contribution in [3.63, 3.8) is 0 Å². The summed E-state index contributed by atoms with van der Waals surface area (Å²) in [4.78, 5) is 25.3. The van der Waals surface area contributed by atoms with E-state index in [1.807, 2.05) is 20.8 Å². The number of para-hydroxylation sites is 1. The van der Waals surface area contributed by atoms with Gasteiger partial charge < -0.3 is 15.4 Å². The van der Waals surface area contributed by atoms with Crippen molar-refractivity contribution in [3.05, 3.63) is 58.9 Å². The largest absolute Gasteiger partial charge is 0.493 e. The summed E-state index contributed by atoms with van der Waals surface area (Å²) >= 11 is 5.74. The molecule has 2 aromatic rings. The maximum atomic E-state index is 13.3. The number of anilines is 1. The lowest BCUT2D eigenvalue weighted by atomic mass is 10.0. The lowest BCUT2D eigenvalue weighted by Gasteiger charge is -2.22. The Hall–Kier alpha value is -2.60. The molecule has 0 heterocycles. The van der Waals surface area contributed by atoms with E-state index >= 15 is 0 Å². The summed E-state index contributed by atoms with van der Waals surface area (Å²) in [5.41, 5.74) is 0.698. The Bertz CT molecular complexity index is 827. The maximum absolute atomic E-state index is 13.3. The molecule has 2 N–H and O–H groups in total. The minimum atomic E-state index is -0.795. The third-order valence-corrected chi connectivity index (χ3v) is 4.14. The number of amides is 2. The summed E-state index contributed by atoms with van der Waals surface area (Å²) in [6, 6.07) is 9.92. The molecule has 0 saturated heterocycles. The van der Waals surface area contributed by atoms with Gasteiger partial charge in [-0.3, -0.25) is 9.59 Å². The Morgan fingerprint density at radius 2 is 1.89 bits per heavy atom. The SMILES string of the molecule is CCOc1ccccc1C(=O)NC(C(=O)Nc1ccc(F)c(Cl)c1)C(C)C. The molecule has 0 aliphatic heterocycles. The molecule has 0 radical (unpaired) electrons. The average Bonchev–Trinajstić information content (AvgIpc) is 2.63. The quantitative estimate of drug-likeness (QED) is 0.739. The number of hydrogen-bond acceptors (Lipinski definition) is 3. The first-order valence-electron chi connectivity index (χ1n) is 8.62. The van der Waals surface area contributed by atoms with Crippen LogP contribution in [0.1, 0.15) is 31.1 Å². The van der Waals surface area contributed by atoms with E-state index < -0.39 is 23.7 Å². The van der Waals surface area contributed by atoms with E-state index in [1.165, 1.54) is 18.2 Å². The van der Waals surface area contributed by atoms with Gasteiger partial charge in [-0.15, -0.1) is 0 Å². The van der Waals surface area contributed by atoms with E-state index in [4.69, 9.17) is 16.3 Å². The van der Waals surface area contributed by atoms with Gasteiger partial charge in [-0.1, -0.05) is 37.6 Å². The fourth-order valence-corrected chi connectivity index (χ4v) is 2.66. The van der Waals surface area contributed by atoms with Crippen LogP contribution in [0.25, 0.3) is 0 Å². The molecule has 5 nitrogen and oxygen atoms in total. The summed E-state index contributed by atoms with van der Waals surface area (Å²) in [7, 11) is 0. The smallest absolute Gasteiger partial charge is 0.255 e. The predicted molar refractivity (Wildman–Crippen MR) is 104 cm³/mol. The highest BCUT2D eigenvalue weighted by Crippen LogP contribution is 2.21. The second-order valence-electron chi connectivity index (χ2n) is 6.24. The molecule has 27 heavy (non-hydrogen) atoms. The van der Waals surface area contributed by atoms with Crippen molar-refractivity contribution >= 4 is 29.1 Å². The van der Waals surface area contributed by atoms with Crippen LogP contribution in [0.2, 0.25) is 5.02 Å². The van der Waals surface area contributed by atoms with Crippen LogP contribution in [-0.4, -0.2) is 24.5 Å². The Labute approximate surface area is 162 Å². The fourth-order valence-electron chi connectivity index (χ4n) is 2.48. The van der Waals surface area contributed by atoms with Crippen molar-refractivity contribution in [2.45, 2.75) is 26.8 Å². The molecule has 0 aliphatic carbocycles. The van der Waals surface area contributed by atoms with Gasteiger partial charge >= 0.3 is 0 Å². The van der Waals surface area contributed by atoms with E-state index in [0.717, 1.165) is 0 Å². The molecule has 2 aromatic carbocycles. The average molecular weight is 393 g/mol. The molecule has 7 heteroatoms. The molecule has 144 valence electrons. The van der Waals surface area contributed by atoms with Crippen molar-refractivity contribution < 1.29 is 18.7 Å². The zero-order chi connectivity index (χ0) is 20.0. The molecule has 0 saturated carbocycles. The molecule has 0 fully saturated rings. The first kappa shape index (κ1) is 20.7. The van der Waals surface area contributed by atoms with E-state index in [-0.39, 0.29) is 10.9 Å². The van der Waals surface area contributed by atoms with E-state index in [1.54, 1.807) is 24.3 Å².